The second-order valence-corrected chi connectivity index (χ2v) is 2.62. The average Bonchev–Trinajstić information content (AvgIpc) is 2.28. The Hall–Kier alpha value is -2.02. The van der Waals surface area contributed by atoms with Crippen molar-refractivity contribution in [2.24, 2.45) is 0 Å². The van der Waals surface area contributed by atoms with Gasteiger partial charge >= 0.3 is 0 Å². The van der Waals surface area contributed by atoms with Crippen molar-refractivity contribution in [2.75, 3.05) is 0 Å². The van der Waals surface area contributed by atoms with Crippen LogP contribution in [0.15, 0.2) is 43.4 Å². The molecule has 17 heavy (non-hydrogen) atoms. The molecular formula is C8H8N4O4Zn. The molecule has 2 heterocycles. The van der Waals surface area contributed by atoms with Gasteiger partial charge in [-0.2, -0.15) is 0 Å². The van der Waals surface area contributed by atoms with Crippen LogP contribution in [0.2, 0.25) is 0 Å². The molecule has 0 atom stereocenters. The molecule has 0 aliphatic rings. The Kier molecular flexibility index (Phi) is 6.42. The number of rotatable bonds is 0. The van der Waals surface area contributed by atoms with Gasteiger partial charge in [-0.15, -0.1) is 0 Å². The van der Waals surface area contributed by atoms with Crippen LogP contribution in [-0.2, 0) is 19.5 Å². The van der Waals surface area contributed by atoms with E-state index >= 15 is 0 Å². The van der Waals surface area contributed by atoms with Gasteiger partial charge in [0.15, 0.2) is 0 Å². The van der Waals surface area contributed by atoms with Crippen molar-refractivity contribution in [1.29, 1.82) is 0 Å². The summed E-state index contributed by atoms with van der Waals surface area (Å²) in [6.45, 7) is 0. The van der Waals surface area contributed by atoms with E-state index in [-0.39, 0.29) is 41.7 Å². The van der Waals surface area contributed by atoms with E-state index in [4.69, 9.17) is 0 Å². The summed E-state index contributed by atoms with van der Waals surface area (Å²) in [7, 11) is 0. The van der Waals surface area contributed by atoms with Gasteiger partial charge in [0.1, 0.15) is 0 Å². The molecule has 0 amide bonds. The Labute approximate surface area is 106 Å². The van der Waals surface area contributed by atoms with Crippen molar-refractivity contribution in [3.63, 3.8) is 0 Å². The van der Waals surface area contributed by atoms with E-state index in [1.54, 1.807) is 0 Å². The third kappa shape index (κ3) is 6.21. The molecule has 0 saturated heterocycles. The maximum atomic E-state index is 10.2. The fourth-order valence-corrected chi connectivity index (χ4v) is 0.716. The first-order chi connectivity index (χ1) is 7.58. The summed E-state index contributed by atoms with van der Waals surface area (Å²) in [5.74, 6) is 0. The molecule has 0 aliphatic heterocycles. The van der Waals surface area contributed by atoms with Crippen molar-refractivity contribution >= 4 is 0 Å². The van der Waals surface area contributed by atoms with Crippen LogP contribution < -0.4 is 22.2 Å². The van der Waals surface area contributed by atoms with Gasteiger partial charge in [0, 0.05) is 43.7 Å². The summed E-state index contributed by atoms with van der Waals surface area (Å²) in [6, 6.07) is 4.66. The standard InChI is InChI=1S/2C4H4N2O2.Zn/c2*7-3-1-2-4(8)6-5-3;/h2*1-2H,(H,5,7)(H,6,8);. The molecule has 0 fully saturated rings. The van der Waals surface area contributed by atoms with E-state index < -0.39 is 0 Å². The molecule has 8 nitrogen and oxygen atoms in total. The number of hydrogen-bond donors (Lipinski definition) is 4. The Morgan fingerprint density at radius 3 is 0.824 bits per heavy atom. The number of H-pyrrole nitrogens is 4. The number of aromatic nitrogens is 4. The van der Waals surface area contributed by atoms with Crippen LogP contribution in [0.1, 0.15) is 0 Å². The summed E-state index contributed by atoms with van der Waals surface area (Å²) in [5, 5.41) is 8.43. The van der Waals surface area contributed by atoms with Crippen molar-refractivity contribution in [3.05, 3.63) is 65.7 Å². The summed E-state index contributed by atoms with van der Waals surface area (Å²) in [6.07, 6.45) is 0. The zero-order valence-corrected chi connectivity index (χ0v) is 11.6. The molecule has 0 spiro atoms. The molecule has 0 saturated carbocycles. The van der Waals surface area contributed by atoms with E-state index in [2.05, 4.69) is 20.4 Å². The Morgan fingerprint density at radius 2 is 0.706 bits per heavy atom. The van der Waals surface area contributed by atoms with Crippen LogP contribution in [0.25, 0.3) is 0 Å². The van der Waals surface area contributed by atoms with E-state index in [0.29, 0.717) is 0 Å². The first-order valence-corrected chi connectivity index (χ1v) is 4.14. The zero-order chi connectivity index (χ0) is 12.0. The van der Waals surface area contributed by atoms with Crippen molar-refractivity contribution in [2.45, 2.75) is 0 Å². The fourth-order valence-electron chi connectivity index (χ4n) is 0.716. The number of hydrogen-bond acceptors (Lipinski definition) is 4. The third-order valence-electron chi connectivity index (χ3n) is 1.39. The Morgan fingerprint density at radius 1 is 0.529 bits per heavy atom. The Bertz CT molecular complexity index is 504. The molecule has 2 rings (SSSR count). The van der Waals surface area contributed by atoms with Crippen LogP contribution in [0, 0.1) is 0 Å². The first kappa shape index (κ1) is 15.0. The first-order valence-electron chi connectivity index (χ1n) is 4.14. The maximum absolute atomic E-state index is 10.2. The van der Waals surface area contributed by atoms with Gasteiger partial charge in [-0.1, -0.05) is 0 Å². The topological polar surface area (TPSA) is 131 Å². The minimum Gasteiger partial charge on any atom is -0.268 e. The summed E-state index contributed by atoms with van der Waals surface area (Å²) in [5.41, 5.74) is -1.21. The minimum absolute atomic E-state index is 0. The third-order valence-corrected chi connectivity index (χ3v) is 1.39. The monoisotopic (exact) mass is 288 g/mol. The molecule has 86 valence electrons. The van der Waals surface area contributed by atoms with Crippen LogP contribution >= 0.6 is 0 Å². The van der Waals surface area contributed by atoms with E-state index in [9.17, 15) is 19.2 Å². The molecule has 0 bridgehead atoms. The summed E-state index contributed by atoms with van der Waals surface area (Å²) < 4.78 is 0. The summed E-state index contributed by atoms with van der Waals surface area (Å²) >= 11 is 0. The molecule has 0 radical (unpaired) electrons. The molecule has 4 N–H and O–H groups in total. The van der Waals surface area contributed by atoms with Gasteiger partial charge in [0.25, 0.3) is 22.2 Å². The van der Waals surface area contributed by atoms with Crippen LogP contribution in [0.3, 0.4) is 0 Å². The Balaban J connectivity index is 0.000000284. The molecule has 2 aromatic heterocycles. The van der Waals surface area contributed by atoms with Gasteiger partial charge in [0.05, 0.1) is 0 Å². The van der Waals surface area contributed by atoms with Crippen LogP contribution in [0.4, 0.5) is 0 Å². The van der Waals surface area contributed by atoms with Crippen molar-refractivity contribution in [1.82, 2.24) is 20.4 Å². The normalized spacial score (nSPS) is 8.47. The SMILES string of the molecule is O=c1ccc(=O)[nH][nH]1.O=c1ccc(=O)[nH][nH]1.[Zn]. The predicted molar refractivity (Wildman–Crippen MR) is 55.4 cm³/mol. The molecular weight excluding hydrogens is 282 g/mol. The van der Waals surface area contributed by atoms with E-state index in [1.807, 2.05) is 0 Å². The molecule has 9 heteroatoms. The average molecular weight is 290 g/mol. The molecule has 0 unspecified atom stereocenters. The second kappa shape index (κ2) is 7.29. The largest absolute Gasteiger partial charge is 0.268 e. The quantitative estimate of drug-likeness (QED) is 0.423. The predicted octanol–water partition coefficient (Wildman–Crippen LogP) is -1.88. The zero-order valence-electron chi connectivity index (χ0n) is 8.65. The van der Waals surface area contributed by atoms with Crippen molar-refractivity contribution < 1.29 is 19.5 Å². The molecule has 2 aromatic rings. The van der Waals surface area contributed by atoms with E-state index in [1.165, 1.54) is 24.3 Å². The van der Waals surface area contributed by atoms with Gasteiger partial charge in [-0.3, -0.25) is 39.6 Å². The smallest absolute Gasteiger partial charge is 0.262 e. The molecule has 0 aromatic carbocycles. The van der Waals surface area contributed by atoms with Gasteiger partial charge in [0.2, 0.25) is 0 Å². The van der Waals surface area contributed by atoms with Crippen LogP contribution in [0.5, 0.6) is 0 Å². The van der Waals surface area contributed by atoms with Crippen LogP contribution in [-0.4, -0.2) is 20.4 Å². The fraction of sp³-hybridized carbons (Fsp3) is 0. The number of aromatic amines is 4. The van der Waals surface area contributed by atoms with Gasteiger partial charge < -0.3 is 0 Å². The number of nitrogens with one attached hydrogen (secondary N) is 4. The van der Waals surface area contributed by atoms with Gasteiger partial charge in [-0.05, 0) is 0 Å². The van der Waals surface area contributed by atoms with Gasteiger partial charge in [-0.25, -0.2) is 0 Å². The maximum Gasteiger partial charge on any atom is 0.262 e. The minimum atomic E-state index is -0.301. The second-order valence-electron chi connectivity index (χ2n) is 2.62. The van der Waals surface area contributed by atoms with E-state index in [0.717, 1.165) is 0 Å². The summed E-state index contributed by atoms with van der Waals surface area (Å²) in [4.78, 5) is 40.8. The van der Waals surface area contributed by atoms with Crippen molar-refractivity contribution in [3.8, 4) is 0 Å². The molecule has 0 aliphatic carbocycles.